The third kappa shape index (κ3) is 4.65. The summed E-state index contributed by atoms with van der Waals surface area (Å²) in [5.74, 6) is 0. The van der Waals surface area contributed by atoms with Crippen molar-refractivity contribution in [3.63, 3.8) is 0 Å². The maximum Gasteiger partial charge on any atom is 0.386 e. The molecule has 1 unspecified atom stereocenters. The van der Waals surface area contributed by atoms with Gasteiger partial charge in [0.05, 0.1) is 12.7 Å². The highest BCUT2D eigenvalue weighted by Gasteiger charge is 2.25. The van der Waals surface area contributed by atoms with Crippen molar-refractivity contribution in [2.45, 2.75) is 38.2 Å². The molecular weight excluding hydrogens is 219 g/mol. The van der Waals surface area contributed by atoms with E-state index in [-0.39, 0.29) is 12.7 Å². The second-order valence-corrected chi connectivity index (χ2v) is 6.29. The van der Waals surface area contributed by atoms with Gasteiger partial charge in [-0.05, 0) is 12.8 Å². The van der Waals surface area contributed by atoms with Gasteiger partial charge in [0.25, 0.3) is 0 Å². The van der Waals surface area contributed by atoms with Gasteiger partial charge in [-0.1, -0.05) is 37.6 Å². The van der Waals surface area contributed by atoms with Gasteiger partial charge in [-0.25, -0.2) is 4.57 Å². The molecule has 0 aromatic carbocycles. The molecule has 0 amide bonds. The molecule has 1 atom stereocenters. The molecule has 1 saturated carbocycles. The average Bonchev–Trinajstić information content (AvgIpc) is 2.16. The summed E-state index contributed by atoms with van der Waals surface area (Å²) in [4.78, 5) is 0. The number of hydrogen-bond donors (Lipinski definition) is 1. The third-order valence-electron chi connectivity index (χ3n) is 2.19. The highest BCUT2D eigenvalue weighted by atomic mass is 32.7. The Hall–Kier alpha value is 0.240. The first-order valence-corrected chi connectivity index (χ1v) is 7.60. The lowest BCUT2D eigenvalue weighted by Gasteiger charge is -2.24. The van der Waals surface area contributed by atoms with E-state index >= 15 is 0 Å². The molecule has 0 aliphatic heterocycles. The van der Waals surface area contributed by atoms with Crippen molar-refractivity contribution in [2.75, 3.05) is 6.61 Å². The van der Waals surface area contributed by atoms with Crippen molar-refractivity contribution < 1.29 is 13.6 Å². The lowest BCUT2D eigenvalue weighted by atomic mass is 9.98. The molecule has 82 valence electrons. The summed E-state index contributed by atoms with van der Waals surface area (Å²) < 4.78 is 21.9. The molecule has 0 spiro atoms. The molecule has 0 radical (unpaired) electrons. The Morgan fingerprint density at radius 2 is 2.07 bits per heavy atom. The van der Waals surface area contributed by atoms with E-state index in [0.717, 1.165) is 25.7 Å². The predicted molar refractivity (Wildman–Crippen MR) is 60.7 cm³/mol. The van der Waals surface area contributed by atoms with E-state index < -0.39 is 6.80 Å². The lowest BCUT2D eigenvalue weighted by molar-refractivity contribution is 0.131. The van der Waals surface area contributed by atoms with Gasteiger partial charge in [-0.15, -0.1) is 6.58 Å². The maximum absolute atomic E-state index is 11.6. The van der Waals surface area contributed by atoms with Crippen molar-refractivity contribution >= 4 is 19.0 Å². The third-order valence-corrected chi connectivity index (χ3v) is 3.86. The van der Waals surface area contributed by atoms with Gasteiger partial charge in [0.15, 0.2) is 0 Å². The van der Waals surface area contributed by atoms with Crippen LogP contribution in [0.5, 0.6) is 0 Å². The van der Waals surface area contributed by atoms with Crippen LogP contribution in [0, 0.1) is 0 Å². The fourth-order valence-electron chi connectivity index (χ4n) is 1.54. The van der Waals surface area contributed by atoms with Crippen molar-refractivity contribution in [1.29, 1.82) is 0 Å². The molecule has 0 saturated heterocycles. The highest BCUT2D eigenvalue weighted by Crippen LogP contribution is 2.55. The standard InChI is InChI=1S/C9H17O3PS/c1-2-8-11-13(10,14)12-9-6-4-3-5-7-9/h2,9H,1,3-8H2,(H,10,14). The molecule has 5 heteroatoms. The van der Waals surface area contributed by atoms with Crippen LogP contribution in [0.3, 0.4) is 0 Å². The van der Waals surface area contributed by atoms with Crippen molar-refractivity contribution in [3.05, 3.63) is 12.7 Å². The van der Waals surface area contributed by atoms with Crippen LogP contribution in [0.25, 0.3) is 0 Å². The summed E-state index contributed by atoms with van der Waals surface area (Å²) in [6.07, 6.45) is 7.03. The van der Waals surface area contributed by atoms with Crippen LogP contribution in [0.4, 0.5) is 0 Å². The van der Waals surface area contributed by atoms with Gasteiger partial charge in [0, 0.05) is 0 Å². The Balaban J connectivity index is 2.32. The summed E-state index contributed by atoms with van der Waals surface area (Å²) in [5, 5.41) is 0. The van der Waals surface area contributed by atoms with Crippen LogP contribution in [0.15, 0.2) is 12.7 Å². The van der Waals surface area contributed by atoms with Gasteiger partial charge in [-0.2, -0.15) is 0 Å². The van der Waals surface area contributed by atoms with Gasteiger partial charge in [-0.3, -0.25) is 9.05 Å². The van der Waals surface area contributed by atoms with Crippen LogP contribution in [0.1, 0.15) is 32.1 Å². The average molecular weight is 236 g/mol. The van der Waals surface area contributed by atoms with E-state index in [1.54, 1.807) is 0 Å². The number of rotatable bonds is 5. The van der Waals surface area contributed by atoms with Crippen LogP contribution < -0.4 is 0 Å². The first-order valence-electron chi connectivity index (χ1n) is 4.91. The first kappa shape index (κ1) is 12.3. The molecule has 1 aliphatic rings. The van der Waals surface area contributed by atoms with E-state index in [2.05, 4.69) is 18.8 Å². The van der Waals surface area contributed by atoms with Gasteiger partial charge < -0.3 is 0 Å². The fraction of sp³-hybridized carbons (Fsp3) is 0.778. The molecule has 1 fully saturated rings. The minimum absolute atomic E-state index is 0.0527. The molecule has 1 aliphatic carbocycles. The molecule has 14 heavy (non-hydrogen) atoms. The molecule has 0 aromatic rings. The normalized spacial score (nSPS) is 22.9. The van der Waals surface area contributed by atoms with Crippen LogP contribution in [-0.2, 0) is 13.6 Å². The Morgan fingerprint density at radius 1 is 1.43 bits per heavy atom. The second-order valence-electron chi connectivity index (χ2n) is 3.42. The molecule has 0 N–H and O–H groups in total. The van der Waals surface area contributed by atoms with Gasteiger partial charge in [0.2, 0.25) is 0 Å². The van der Waals surface area contributed by atoms with E-state index in [0.29, 0.717) is 0 Å². The van der Waals surface area contributed by atoms with E-state index in [1.165, 1.54) is 12.5 Å². The van der Waals surface area contributed by atoms with Crippen molar-refractivity contribution in [1.82, 2.24) is 0 Å². The number of thiol groups is 1. The Kier molecular flexibility index (Phi) is 5.24. The minimum atomic E-state index is -3.15. The smallest absolute Gasteiger partial charge is 0.298 e. The maximum atomic E-state index is 11.6. The zero-order valence-electron chi connectivity index (χ0n) is 8.22. The summed E-state index contributed by atoms with van der Waals surface area (Å²) in [7, 11) is 0. The Morgan fingerprint density at radius 3 is 2.64 bits per heavy atom. The largest absolute Gasteiger partial charge is 0.386 e. The SMILES string of the molecule is C=CCOP(=O)(S)OC1CCCCC1. The summed E-state index contributed by atoms with van der Waals surface area (Å²) >= 11 is 3.89. The highest BCUT2D eigenvalue weighted by molar-refractivity contribution is 8.44. The van der Waals surface area contributed by atoms with E-state index in [1.807, 2.05) is 0 Å². The van der Waals surface area contributed by atoms with Crippen molar-refractivity contribution in [2.24, 2.45) is 0 Å². The van der Waals surface area contributed by atoms with Crippen LogP contribution in [0.2, 0.25) is 0 Å². The number of hydrogen-bond acceptors (Lipinski definition) is 3. The van der Waals surface area contributed by atoms with E-state index in [4.69, 9.17) is 9.05 Å². The second kappa shape index (κ2) is 5.96. The summed E-state index contributed by atoms with van der Waals surface area (Å²) in [6.45, 7) is 0.536. The predicted octanol–water partition coefficient (Wildman–Crippen LogP) is 3.58. The Bertz CT molecular complexity index is 226. The van der Waals surface area contributed by atoms with Crippen LogP contribution >= 0.6 is 19.0 Å². The molecule has 0 bridgehead atoms. The minimum Gasteiger partial charge on any atom is -0.298 e. The monoisotopic (exact) mass is 236 g/mol. The van der Waals surface area contributed by atoms with Gasteiger partial charge >= 0.3 is 6.80 Å². The topological polar surface area (TPSA) is 35.5 Å². The molecule has 0 heterocycles. The molecular formula is C9H17O3PS. The molecule has 0 aromatic heterocycles. The molecule has 3 nitrogen and oxygen atoms in total. The Labute approximate surface area is 90.6 Å². The quantitative estimate of drug-likeness (QED) is 0.450. The summed E-state index contributed by atoms with van der Waals surface area (Å²) in [6, 6.07) is 0. The summed E-state index contributed by atoms with van der Waals surface area (Å²) in [5.41, 5.74) is 0. The zero-order chi connectivity index (χ0) is 10.4. The zero-order valence-corrected chi connectivity index (χ0v) is 10.0. The lowest BCUT2D eigenvalue weighted by Crippen LogP contribution is -2.14. The molecule has 1 rings (SSSR count). The van der Waals surface area contributed by atoms with Crippen LogP contribution in [-0.4, -0.2) is 12.7 Å². The van der Waals surface area contributed by atoms with E-state index in [9.17, 15) is 4.57 Å². The first-order chi connectivity index (χ1) is 6.64. The fourth-order valence-corrected chi connectivity index (χ4v) is 3.08. The van der Waals surface area contributed by atoms with Crippen molar-refractivity contribution in [3.8, 4) is 0 Å². The van der Waals surface area contributed by atoms with Gasteiger partial charge in [0.1, 0.15) is 0 Å².